The summed E-state index contributed by atoms with van der Waals surface area (Å²) in [5, 5.41) is 12.9. The van der Waals surface area contributed by atoms with Gasteiger partial charge >= 0.3 is 5.97 Å². The van der Waals surface area contributed by atoms with E-state index < -0.39 is 5.97 Å². The Morgan fingerprint density at radius 3 is 1.89 bits per heavy atom. The molecule has 37 heavy (non-hydrogen) atoms. The van der Waals surface area contributed by atoms with Crippen molar-refractivity contribution in [3.8, 4) is 17.2 Å². The van der Waals surface area contributed by atoms with Crippen LogP contribution >= 0.6 is 0 Å². The molecular formula is C31H22O6. The van der Waals surface area contributed by atoms with Crippen molar-refractivity contribution in [2.45, 2.75) is 6.92 Å². The fourth-order valence-electron chi connectivity index (χ4n) is 4.00. The van der Waals surface area contributed by atoms with Crippen LogP contribution in [0.5, 0.6) is 17.2 Å². The monoisotopic (exact) mass is 490 g/mol. The van der Waals surface area contributed by atoms with Crippen molar-refractivity contribution in [1.29, 1.82) is 0 Å². The topological polar surface area (TPSA) is 89.9 Å². The summed E-state index contributed by atoms with van der Waals surface area (Å²) in [7, 11) is 0. The van der Waals surface area contributed by atoms with Crippen molar-refractivity contribution < 1.29 is 29.0 Å². The van der Waals surface area contributed by atoms with Crippen molar-refractivity contribution in [2.75, 3.05) is 6.61 Å². The molecule has 1 N–H and O–H groups in total. The number of esters is 1. The molecule has 6 nitrogen and oxygen atoms in total. The van der Waals surface area contributed by atoms with Crippen LogP contribution in [0.4, 0.5) is 0 Å². The van der Waals surface area contributed by atoms with Crippen molar-refractivity contribution in [3.05, 3.63) is 114 Å². The number of ketones is 2. The van der Waals surface area contributed by atoms with Crippen LogP contribution in [-0.2, 0) is 0 Å². The second-order valence-corrected chi connectivity index (χ2v) is 8.65. The van der Waals surface area contributed by atoms with Gasteiger partial charge in [0, 0.05) is 11.1 Å². The van der Waals surface area contributed by atoms with E-state index in [-0.39, 0.29) is 23.9 Å². The highest BCUT2D eigenvalue weighted by atomic mass is 16.5. The van der Waals surface area contributed by atoms with Crippen LogP contribution in [0.1, 0.15) is 38.0 Å². The van der Waals surface area contributed by atoms with Gasteiger partial charge in [-0.25, -0.2) is 4.79 Å². The van der Waals surface area contributed by atoms with E-state index in [1.54, 1.807) is 97.1 Å². The zero-order valence-corrected chi connectivity index (χ0v) is 19.9. The molecule has 0 fully saturated rings. The van der Waals surface area contributed by atoms with Gasteiger partial charge in [0.2, 0.25) is 0 Å². The van der Waals surface area contributed by atoms with Crippen LogP contribution in [-0.4, -0.2) is 29.2 Å². The number of phenols is 1. The third kappa shape index (κ3) is 5.33. The maximum Gasteiger partial charge on any atom is 0.343 e. The van der Waals surface area contributed by atoms with Gasteiger partial charge in [0.1, 0.15) is 17.2 Å². The normalized spacial score (nSPS) is 10.8. The third-order valence-corrected chi connectivity index (χ3v) is 6.03. The van der Waals surface area contributed by atoms with E-state index in [0.717, 1.165) is 21.5 Å². The first kappa shape index (κ1) is 23.8. The number of carbonyl (C=O) groups is 3. The van der Waals surface area contributed by atoms with Gasteiger partial charge in [-0.1, -0.05) is 30.3 Å². The highest BCUT2D eigenvalue weighted by Gasteiger charge is 2.12. The molecule has 0 aromatic heterocycles. The van der Waals surface area contributed by atoms with Crippen LogP contribution < -0.4 is 9.47 Å². The van der Waals surface area contributed by atoms with E-state index in [9.17, 15) is 19.5 Å². The second kappa shape index (κ2) is 9.95. The minimum atomic E-state index is -0.491. The average Bonchev–Trinajstić information content (AvgIpc) is 2.91. The van der Waals surface area contributed by atoms with Crippen LogP contribution in [0.2, 0.25) is 0 Å². The molecule has 0 atom stereocenters. The average molecular weight is 491 g/mol. The van der Waals surface area contributed by atoms with E-state index in [1.807, 2.05) is 0 Å². The zero-order chi connectivity index (χ0) is 25.9. The van der Waals surface area contributed by atoms with Gasteiger partial charge in [-0.15, -0.1) is 0 Å². The molecule has 6 heteroatoms. The van der Waals surface area contributed by atoms with Crippen LogP contribution in [0.25, 0.3) is 21.5 Å². The first-order valence-corrected chi connectivity index (χ1v) is 11.6. The Morgan fingerprint density at radius 1 is 0.622 bits per heavy atom. The summed E-state index contributed by atoms with van der Waals surface area (Å²) in [6, 6.07) is 27.2. The summed E-state index contributed by atoms with van der Waals surface area (Å²) in [6.07, 6.45) is 0. The molecule has 182 valence electrons. The Morgan fingerprint density at radius 2 is 1.16 bits per heavy atom. The van der Waals surface area contributed by atoms with Gasteiger partial charge in [0.05, 0.1) is 5.56 Å². The molecule has 0 aliphatic heterocycles. The Labute approximate surface area is 212 Å². The predicted molar refractivity (Wildman–Crippen MR) is 141 cm³/mol. The van der Waals surface area contributed by atoms with Gasteiger partial charge in [0.25, 0.3) is 0 Å². The van der Waals surface area contributed by atoms with E-state index in [1.165, 1.54) is 6.92 Å². The molecule has 0 amide bonds. The third-order valence-electron chi connectivity index (χ3n) is 6.03. The molecule has 0 aliphatic rings. The number of hydrogen-bond donors (Lipinski definition) is 1. The molecule has 0 bridgehead atoms. The number of ether oxygens (including phenoxy) is 2. The lowest BCUT2D eigenvalue weighted by Crippen LogP contribution is -2.11. The number of rotatable bonds is 7. The highest BCUT2D eigenvalue weighted by Crippen LogP contribution is 2.25. The number of Topliss-reactive ketones (excluding diaryl/α,β-unsaturated/α-hetero) is 2. The summed E-state index contributed by atoms with van der Waals surface area (Å²) in [6.45, 7) is 1.36. The SMILES string of the molecule is CC(=O)c1ccc(OCC(=O)c2ccc3cc(OC(=O)c4ccc5cc(O)ccc5c4)ccc3c2)cc1. The molecule has 0 aliphatic carbocycles. The number of hydrogen-bond acceptors (Lipinski definition) is 6. The quantitative estimate of drug-likeness (QED) is 0.162. The molecule has 5 rings (SSSR count). The number of fused-ring (bicyclic) bond motifs is 2. The first-order chi connectivity index (χ1) is 17.9. The molecular weight excluding hydrogens is 468 g/mol. The number of benzene rings is 5. The van der Waals surface area contributed by atoms with Gasteiger partial charge < -0.3 is 14.6 Å². The molecule has 0 spiro atoms. The number of phenolic OH excluding ortho intramolecular Hbond substituents is 1. The first-order valence-electron chi connectivity index (χ1n) is 11.6. The lowest BCUT2D eigenvalue weighted by molar-refractivity contribution is 0.0734. The van der Waals surface area contributed by atoms with E-state index in [4.69, 9.17) is 9.47 Å². The standard InChI is InChI=1S/C31H22O6/c1-19(32)20-7-11-28(12-8-20)36-18-30(34)25-4-2-24-17-29(13-9-22(24)14-25)37-31(35)26-5-3-23-16-27(33)10-6-21(23)15-26/h2-17,33H,18H2,1H3. The van der Waals surface area contributed by atoms with Crippen molar-refractivity contribution >= 4 is 39.1 Å². The zero-order valence-electron chi connectivity index (χ0n) is 19.9. The Balaban J connectivity index is 1.26. The van der Waals surface area contributed by atoms with Crippen LogP contribution in [0, 0.1) is 0 Å². The molecule has 5 aromatic carbocycles. The fourth-order valence-corrected chi connectivity index (χ4v) is 4.00. The molecule has 0 saturated heterocycles. The summed E-state index contributed by atoms with van der Waals surface area (Å²) < 4.78 is 11.1. The minimum Gasteiger partial charge on any atom is -0.508 e. The summed E-state index contributed by atoms with van der Waals surface area (Å²) in [4.78, 5) is 36.7. The van der Waals surface area contributed by atoms with Gasteiger partial charge in [-0.05, 0) is 95.2 Å². The van der Waals surface area contributed by atoms with Crippen molar-refractivity contribution in [1.82, 2.24) is 0 Å². The Kier molecular flexibility index (Phi) is 6.39. The Bertz CT molecular complexity index is 1670. The highest BCUT2D eigenvalue weighted by molar-refractivity contribution is 6.01. The van der Waals surface area contributed by atoms with Crippen LogP contribution in [0.15, 0.2) is 97.1 Å². The van der Waals surface area contributed by atoms with Crippen molar-refractivity contribution in [3.63, 3.8) is 0 Å². The predicted octanol–water partition coefficient (Wildman–Crippen LogP) is 6.38. The molecule has 5 aromatic rings. The Hall–Kier alpha value is -4.97. The fraction of sp³-hybridized carbons (Fsp3) is 0.0645. The lowest BCUT2D eigenvalue weighted by Gasteiger charge is -2.09. The van der Waals surface area contributed by atoms with Crippen LogP contribution in [0.3, 0.4) is 0 Å². The summed E-state index contributed by atoms with van der Waals surface area (Å²) in [5.41, 5.74) is 1.48. The van der Waals surface area contributed by atoms with Crippen molar-refractivity contribution in [2.24, 2.45) is 0 Å². The maximum atomic E-state index is 12.7. The second-order valence-electron chi connectivity index (χ2n) is 8.65. The molecule has 0 saturated carbocycles. The number of carbonyl (C=O) groups excluding carboxylic acids is 3. The van der Waals surface area contributed by atoms with Gasteiger partial charge in [0.15, 0.2) is 18.2 Å². The van der Waals surface area contributed by atoms with E-state index in [0.29, 0.717) is 28.2 Å². The molecule has 0 heterocycles. The van der Waals surface area contributed by atoms with E-state index >= 15 is 0 Å². The largest absolute Gasteiger partial charge is 0.508 e. The minimum absolute atomic E-state index is 0.0349. The smallest absolute Gasteiger partial charge is 0.343 e. The summed E-state index contributed by atoms with van der Waals surface area (Å²) >= 11 is 0. The summed E-state index contributed by atoms with van der Waals surface area (Å²) in [5.74, 6) is 0.353. The molecule has 0 unspecified atom stereocenters. The molecule has 0 radical (unpaired) electrons. The number of aromatic hydroxyl groups is 1. The van der Waals surface area contributed by atoms with Gasteiger partial charge in [-0.2, -0.15) is 0 Å². The van der Waals surface area contributed by atoms with Gasteiger partial charge in [-0.3, -0.25) is 9.59 Å². The maximum absolute atomic E-state index is 12.7. The lowest BCUT2D eigenvalue weighted by atomic mass is 10.0. The van der Waals surface area contributed by atoms with E-state index in [2.05, 4.69) is 0 Å².